The molecule has 18 heavy (non-hydrogen) atoms. The van der Waals surface area contributed by atoms with Crippen LogP contribution in [0.1, 0.15) is 25.1 Å². The molecule has 1 aromatic heterocycles. The molecular weight excluding hydrogens is 296 g/mol. The summed E-state index contributed by atoms with van der Waals surface area (Å²) in [4.78, 5) is 14.5. The third-order valence-corrected chi connectivity index (χ3v) is 3.16. The predicted molar refractivity (Wildman–Crippen MR) is 73.0 cm³/mol. The van der Waals surface area contributed by atoms with Gasteiger partial charge in [-0.05, 0) is 18.6 Å². The van der Waals surface area contributed by atoms with Crippen LogP contribution >= 0.6 is 15.9 Å². The Morgan fingerprint density at radius 1 is 1.33 bits per heavy atom. The standard InChI is InChI=1S/C12H13BrN4O/c1-2-9(14)10-12(18)15-11(17-16-10)7-3-5-8(13)6-4-7/h3-6,9H,2,14H2,1H3,(H,15,17,18). The third-order valence-electron chi connectivity index (χ3n) is 2.63. The van der Waals surface area contributed by atoms with Crippen LogP contribution in [-0.2, 0) is 0 Å². The summed E-state index contributed by atoms with van der Waals surface area (Å²) in [7, 11) is 0. The lowest BCUT2D eigenvalue weighted by Gasteiger charge is -2.06. The molecule has 0 aliphatic carbocycles. The van der Waals surface area contributed by atoms with Gasteiger partial charge in [-0.25, -0.2) is 0 Å². The number of aromatic nitrogens is 3. The molecule has 0 saturated carbocycles. The van der Waals surface area contributed by atoms with E-state index in [-0.39, 0.29) is 17.3 Å². The predicted octanol–water partition coefficient (Wildman–Crippen LogP) is 2.00. The maximum absolute atomic E-state index is 11.8. The summed E-state index contributed by atoms with van der Waals surface area (Å²) in [6.07, 6.45) is 0.648. The van der Waals surface area contributed by atoms with Crippen molar-refractivity contribution in [3.05, 3.63) is 44.8 Å². The monoisotopic (exact) mass is 308 g/mol. The number of H-pyrrole nitrogens is 1. The fourth-order valence-corrected chi connectivity index (χ4v) is 1.78. The van der Waals surface area contributed by atoms with E-state index in [0.29, 0.717) is 12.2 Å². The van der Waals surface area contributed by atoms with Crippen LogP contribution in [0.2, 0.25) is 0 Å². The molecule has 0 aliphatic rings. The molecule has 0 bridgehead atoms. The van der Waals surface area contributed by atoms with Crippen LogP contribution in [0.15, 0.2) is 33.5 Å². The van der Waals surface area contributed by atoms with E-state index in [9.17, 15) is 4.79 Å². The zero-order valence-corrected chi connectivity index (χ0v) is 11.4. The van der Waals surface area contributed by atoms with Gasteiger partial charge in [0.15, 0.2) is 5.82 Å². The Labute approximate surface area is 113 Å². The van der Waals surface area contributed by atoms with E-state index in [1.54, 1.807) is 0 Å². The molecule has 6 heteroatoms. The molecule has 0 spiro atoms. The van der Waals surface area contributed by atoms with E-state index < -0.39 is 0 Å². The highest BCUT2D eigenvalue weighted by atomic mass is 79.9. The third kappa shape index (κ3) is 2.65. The summed E-state index contributed by atoms with van der Waals surface area (Å²) >= 11 is 3.35. The lowest BCUT2D eigenvalue weighted by atomic mass is 10.2. The van der Waals surface area contributed by atoms with Gasteiger partial charge in [-0.15, -0.1) is 10.2 Å². The molecule has 0 aliphatic heterocycles. The van der Waals surface area contributed by atoms with Gasteiger partial charge >= 0.3 is 0 Å². The molecule has 3 N–H and O–H groups in total. The Balaban J connectivity index is 2.40. The first kappa shape index (κ1) is 12.9. The number of aromatic amines is 1. The highest BCUT2D eigenvalue weighted by Crippen LogP contribution is 2.17. The second kappa shape index (κ2) is 5.41. The van der Waals surface area contributed by atoms with Gasteiger partial charge in [-0.1, -0.05) is 35.0 Å². The largest absolute Gasteiger partial charge is 0.322 e. The van der Waals surface area contributed by atoms with Crippen molar-refractivity contribution in [3.63, 3.8) is 0 Å². The normalized spacial score (nSPS) is 12.4. The van der Waals surface area contributed by atoms with E-state index in [2.05, 4.69) is 31.1 Å². The molecule has 0 fully saturated rings. The minimum atomic E-state index is -0.375. The highest BCUT2D eigenvalue weighted by molar-refractivity contribution is 9.10. The Bertz CT molecular complexity index is 594. The molecule has 94 valence electrons. The number of nitrogens with one attached hydrogen (secondary N) is 1. The molecular formula is C12H13BrN4O. The minimum Gasteiger partial charge on any atom is -0.322 e. The molecule has 1 heterocycles. The molecule has 0 saturated heterocycles. The van der Waals surface area contributed by atoms with E-state index in [1.807, 2.05) is 31.2 Å². The van der Waals surface area contributed by atoms with Crippen molar-refractivity contribution < 1.29 is 0 Å². The number of halogens is 1. The second-order valence-electron chi connectivity index (χ2n) is 3.91. The molecule has 1 aromatic carbocycles. The summed E-state index contributed by atoms with van der Waals surface area (Å²) in [5.41, 5.74) is 6.58. The van der Waals surface area contributed by atoms with Gasteiger partial charge in [-0.2, -0.15) is 0 Å². The summed E-state index contributed by atoms with van der Waals surface area (Å²) in [5, 5.41) is 7.92. The molecule has 2 rings (SSSR count). The second-order valence-corrected chi connectivity index (χ2v) is 4.83. The van der Waals surface area contributed by atoms with Crippen molar-refractivity contribution in [2.24, 2.45) is 5.73 Å². The zero-order chi connectivity index (χ0) is 13.1. The zero-order valence-electron chi connectivity index (χ0n) is 9.85. The Morgan fingerprint density at radius 2 is 2.00 bits per heavy atom. The lowest BCUT2D eigenvalue weighted by molar-refractivity contribution is 0.645. The van der Waals surface area contributed by atoms with Crippen LogP contribution in [0.25, 0.3) is 11.4 Å². The Hall–Kier alpha value is -1.53. The maximum Gasteiger partial charge on any atom is 0.274 e. The van der Waals surface area contributed by atoms with Crippen LogP contribution < -0.4 is 11.3 Å². The number of benzene rings is 1. The molecule has 1 unspecified atom stereocenters. The average molecular weight is 309 g/mol. The highest BCUT2D eigenvalue weighted by Gasteiger charge is 2.12. The van der Waals surface area contributed by atoms with Crippen LogP contribution in [0, 0.1) is 0 Å². The van der Waals surface area contributed by atoms with Gasteiger partial charge in [0.1, 0.15) is 5.69 Å². The maximum atomic E-state index is 11.8. The van der Waals surface area contributed by atoms with Crippen molar-refractivity contribution in [1.82, 2.24) is 15.2 Å². The quantitative estimate of drug-likeness (QED) is 0.908. The number of hydrogen-bond acceptors (Lipinski definition) is 4. The van der Waals surface area contributed by atoms with Crippen LogP contribution in [0.4, 0.5) is 0 Å². The molecule has 0 amide bonds. The number of nitrogens with two attached hydrogens (primary N) is 1. The topological polar surface area (TPSA) is 84.7 Å². The summed E-state index contributed by atoms with van der Waals surface area (Å²) in [6.45, 7) is 1.90. The first-order valence-corrected chi connectivity index (χ1v) is 6.39. The Morgan fingerprint density at radius 3 is 2.56 bits per heavy atom. The number of nitrogens with zero attached hydrogens (tertiary/aromatic N) is 2. The van der Waals surface area contributed by atoms with Gasteiger partial charge in [0.05, 0.1) is 6.04 Å². The summed E-state index contributed by atoms with van der Waals surface area (Å²) in [6, 6.07) is 7.08. The van der Waals surface area contributed by atoms with Gasteiger partial charge in [0.25, 0.3) is 5.56 Å². The number of hydrogen-bond donors (Lipinski definition) is 2. The van der Waals surface area contributed by atoms with E-state index >= 15 is 0 Å². The van der Waals surface area contributed by atoms with Gasteiger partial charge in [-0.3, -0.25) is 4.79 Å². The fraction of sp³-hybridized carbons (Fsp3) is 0.250. The van der Waals surface area contributed by atoms with E-state index in [4.69, 9.17) is 5.73 Å². The van der Waals surface area contributed by atoms with Gasteiger partial charge in [0, 0.05) is 10.0 Å². The fourth-order valence-electron chi connectivity index (χ4n) is 1.52. The van der Waals surface area contributed by atoms with E-state index in [1.165, 1.54) is 0 Å². The van der Waals surface area contributed by atoms with Crippen molar-refractivity contribution in [2.75, 3.05) is 0 Å². The smallest absolute Gasteiger partial charge is 0.274 e. The summed E-state index contributed by atoms with van der Waals surface area (Å²) < 4.78 is 0.964. The van der Waals surface area contributed by atoms with Gasteiger partial charge < -0.3 is 10.7 Å². The first-order chi connectivity index (χ1) is 8.61. The van der Waals surface area contributed by atoms with E-state index in [0.717, 1.165) is 10.0 Å². The van der Waals surface area contributed by atoms with Crippen molar-refractivity contribution in [1.29, 1.82) is 0 Å². The minimum absolute atomic E-state index is 0.276. The van der Waals surface area contributed by atoms with Crippen LogP contribution in [0.3, 0.4) is 0 Å². The van der Waals surface area contributed by atoms with Crippen LogP contribution in [-0.4, -0.2) is 15.2 Å². The van der Waals surface area contributed by atoms with Crippen molar-refractivity contribution >= 4 is 15.9 Å². The molecule has 5 nitrogen and oxygen atoms in total. The Kier molecular flexibility index (Phi) is 3.88. The van der Waals surface area contributed by atoms with Gasteiger partial charge in [0.2, 0.25) is 0 Å². The summed E-state index contributed by atoms with van der Waals surface area (Å²) in [5.74, 6) is 0.444. The first-order valence-electron chi connectivity index (χ1n) is 5.60. The van der Waals surface area contributed by atoms with Crippen molar-refractivity contribution in [3.8, 4) is 11.4 Å². The molecule has 2 aromatic rings. The average Bonchev–Trinajstić information content (AvgIpc) is 2.38. The molecule has 1 atom stereocenters. The SMILES string of the molecule is CCC(N)c1nnc(-c2ccc(Br)cc2)[nH]c1=O. The van der Waals surface area contributed by atoms with Crippen molar-refractivity contribution in [2.45, 2.75) is 19.4 Å². The molecule has 0 radical (unpaired) electrons. The number of rotatable bonds is 3. The van der Waals surface area contributed by atoms with Crippen LogP contribution in [0.5, 0.6) is 0 Å². The lowest BCUT2D eigenvalue weighted by Crippen LogP contribution is -2.24.